The Bertz CT molecular complexity index is 2330. The van der Waals surface area contributed by atoms with E-state index < -0.39 is 60.1 Å². The third kappa shape index (κ3) is 18.9. The Hall–Kier alpha value is -7.19. The van der Waals surface area contributed by atoms with E-state index in [9.17, 15) is 33.6 Å². The maximum atomic E-state index is 13.8. The molecule has 0 aliphatic rings. The number of nitrogens with one attached hydrogen (secondary N) is 3. The minimum Gasteiger partial charge on any atom is -0.543 e. The summed E-state index contributed by atoms with van der Waals surface area (Å²) in [5, 5.41) is 8.76. The highest BCUT2D eigenvalue weighted by Crippen LogP contribution is 2.30. The average Bonchev–Trinajstić information content (AvgIpc) is 3.90. The van der Waals surface area contributed by atoms with Gasteiger partial charge < -0.3 is 53.5 Å². The summed E-state index contributed by atoms with van der Waals surface area (Å²) in [5.74, 6) is -4.09. The highest BCUT2D eigenvalue weighted by Gasteiger charge is 2.34. The lowest BCUT2D eigenvalue weighted by atomic mass is 9.90. The lowest BCUT2D eigenvalue weighted by Gasteiger charge is -2.31. The molecule has 1 aromatic heterocycles. The fourth-order valence-corrected chi connectivity index (χ4v) is 7.24. The van der Waals surface area contributed by atoms with Crippen LogP contribution in [0.4, 0.5) is 0 Å². The molecule has 388 valence electrons. The molecule has 3 atom stereocenters. The number of carbonyl (C=O) groups excluding carboxylic acids is 7. The minimum absolute atomic E-state index is 0.0663. The van der Waals surface area contributed by atoms with Crippen molar-refractivity contribution in [3.63, 3.8) is 0 Å². The summed E-state index contributed by atoms with van der Waals surface area (Å²) in [6.45, 7) is 9.42. The Labute approximate surface area is 421 Å². The van der Waals surface area contributed by atoms with Gasteiger partial charge in [-0.15, -0.1) is 0 Å². The number of carbonyl (C=O) groups is 7. The van der Waals surface area contributed by atoms with Crippen molar-refractivity contribution in [2.24, 2.45) is 5.92 Å². The van der Waals surface area contributed by atoms with Gasteiger partial charge in [0.05, 0.1) is 75.8 Å². The van der Waals surface area contributed by atoms with Gasteiger partial charge in [0.1, 0.15) is 29.9 Å². The molecular weight excluding hydrogens is 931 g/mol. The summed E-state index contributed by atoms with van der Waals surface area (Å²) in [6.07, 6.45) is 4.31. The molecular formula is C52H67BN4O15. The van der Waals surface area contributed by atoms with Crippen molar-refractivity contribution in [3.8, 4) is 22.8 Å². The molecule has 3 aromatic carbocycles. The second-order valence-corrected chi connectivity index (χ2v) is 16.3. The first-order valence-electron chi connectivity index (χ1n) is 24.3. The van der Waals surface area contributed by atoms with Crippen molar-refractivity contribution in [2.75, 3.05) is 46.3 Å². The normalized spacial score (nSPS) is 12.1. The molecule has 19 nitrogen and oxygen atoms in total. The molecule has 72 heavy (non-hydrogen) atoms. The quantitative estimate of drug-likeness (QED) is 0.0124. The van der Waals surface area contributed by atoms with Crippen LogP contribution in [0.1, 0.15) is 116 Å². The van der Waals surface area contributed by atoms with Gasteiger partial charge >= 0.3 is 20.0 Å². The van der Waals surface area contributed by atoms with Gasteiger partial charge in [0.15, 0.2) is 5.76 Å². The smallest absolute Gasteiger partial charge is 0.363 e. The summed E-state index contributed by atoms with van der Waals surface area (Å²) < 4.78 is 38.5. The fourth-order valence-electron chi connectivity index (χ4n) is 7.24. The van der Waals surface area contributed by atoms with Crippen LogP contribution in [-0.4, -0.2) is 114 Å². The number of hydroxylamine groups is 2. The van der Waals surface area contributed by atoms with Gasteiger partial charge in [0, 0.05) is 5.56 Å². The number of esters is 1. The Morgan fingerprint density at radius 2 is 1.50 bits per heavy atom. The van der Waals surface area contributed by atoms with E-state index >= 15 is 0 Å². The zero-order valence-corrected chi connectivity index (χ0v) is 41.8. The van der Waals surface area contributed by atoms with Crippen molar-refractivity contribution in [1.82, 2.24) is 21.0 Å². The molecule has 0 fully saturated rings. The Morgan fingerprint density at radius 3 is 2.19 bits per heavy atom. The first kappa shape index (κ1) is 57.4. The maximum Gasteiger partial charge on any atom is 0.363 e. The maximum absolute atomic E-state index is 13.8. The number of furan rings is 1. The highest BCUT2D eigenvalue weighted by atomic mass is 16.7. The van der Waals surface area contributed by atoms with Crippen LogP contribution in [0.25, 0.3) is 11.3 Å². The second kappa shape index (κ2) is 31.9. The van der Waals surface area contributed by atoms with Gasteiger partial charge in [0.2, 0.25) is 12.3 Å². The summed E-state index contributed by atoms with van der Waals surface area (Å²) in [6, 6.07) is 21.5. The monoisotopic (exact) mass is 998 g/mol. The van der Waals surface area contributed by atoms with Crippen LogP contribution >= 0.6 is 0 Å². The Balaban J connectivity index is 1.31. The topological polar surface area (TPSA) is 237 Å². The van der Waals surface area contributed by atoms with Gasteiger partial charge in [-0.25, -0.2) is 9.59 Å². The van der Waals surface area contributed by atoms with Crippen molar-refractivity contribution in [2.45, 2.75) is 97.8 Å². The molecule has 0 aliphatic carbocycles. The Kier molecular flexibility index (Phi) is 25.4. The SMILES string of the molecule is BOC(=O)C[C@H](NC(=O)c1ccc(-c2ccc(C(=O)NCNC(=O)[C@H](CCCCC)[C@@H](CC)N(C=O)OC(=O)c3ccc(OCCOCCOCc4ccccc4)cc3)o2)cc1OCC)C(=O)OCCCC. The number of rotatable bonds is 34. The molecule has 0 aliphatic heterocycles. The number of hydrogen-bond acceptors (Lipinski definition) is 15. The molecule has 4 aromatic rings. The number of amides is 4. The first-order valence-corrected chi connectivity index (χ1v) is 24.3. The summed E-state index contributed by atoms with van der Waals surface area (Å²) >= 11 is 0. The van der Waals surface area contributed by atoms with E-state index in [1.165, 1.54) is 38.4 Å². The van der Waals surface area contributed by atoms with Gasteiger partial charge in [0.25, 0.3) is 17.8 Å². The predicted octanol–water partition coefficient (Wildman–Crippen LogP) is 5.89. The molecule has 0 unspecified atom stereocenters. The van der Waals surface area contributed by atoms with Crippen LogP contribution < -0.4 is 25.4 Å². The number of unbranched alkanes of at least 4 members (excludes halogenated alkanes) is 3. The van der Waals surface area contributed by atoms with Crippen molar-refractivity contribution < 1.29 is 71.2 Å². The summed E-state index contributed by atoms with van der Waals surface area (Å²) in [7, 11) is 1.17. The fraction of sp³-hybridized carbons (Fsp3) is 0.442. The number of nitrogens with zero attached hydrogens (tertiary/aromatic N) is 1. The number of benzene rings is 3. The average molecular weight is 999 g/mol. The summed E-state index contributed by atoms with van der Waals surface area (Å²) in [5.41, 5.74) is 1.76. The van der Waals surface area contributed by atoms with E-state index in [1.54, 1.807) is 38.1 Å². The molecule has 3 N–H and O–H groups in total. The molecule has 1 heterocycles. The van der Waals surface area contributed by atoms with Crippen LogP contribution in [0, 0.1) is 5.92 Å². The lowest BCUT2D eigenvalue weighted by Crippen LogP contribution is -2.49. The van der Waals surface area contributed by atoms with Crippen molar-refractivity contribution >= 4 is 50.1 Å². The number of ether oxygens (including phenoxy) is 5. The molecule has 0 saturated carbocycles. The van der Waals surface area contributed by atoms with Crippen LogP contribution in [-0.2, 0) is 49.5 Å². The molecule has 0 bridgehead atoms. The van der Waals surface area contributed by atoms with Crippen molar-refractivity contribution in [3.05, 3.63) is 107 Å². The van der Waals surface area contributed by atoms with E-state index in [2.05, 4.69) is 16.0 Å². The van der Waals surface area contributed by atoms with Gasteiger partial charge in [-0.05, 0) is 80.3 Å². The molecule has 4 rings (SSSR count). The van der Waals surface area contributed by atoms with E-state index in [1.807, 2.05) is 44.2 Å². The van der Waals surface area contributed by atoms with Gasteiger partial charge in [-0.1, -0.05) is 82.9 Å². The molecule has 0 spiro atoms. The van der Waals surface area contributed by atoms with Crippen LogP contribution in [0.3, 0.4) is 0 Å². The third-order valence-corrected chi connectivity index (χ3v) is 11.1. The van der Waals surface area contributed by atoms with Crippen LogP contribution in [0.5, 0.6) is 11.5 Å². The summed E-state index contributed by atoms with van der Waals surface area (Å²) in [4.78, 5) is 96.5. The molecule has 4 amide bonds. The Morgan fingerprint density at radius 1 is 0.764 bits per heavy atom. The van der Waals surface area contributed by atoms with Gasteiger partial charge in [-0.3, -0.25) is 24.0 Å². The molecule has 0 saturated heterocycles. The van der Waals surface area contributed by atoms with E-state index in [0.29, 0.717) is 63.4 Å². The molecule has 0 radical (unpaired) electrons. The largest absolute Gasteiger partial charge is 0.543 e. The van der Waals surface area contributed by atoms with Gasteiger partial charge in [-0.2, -0.15) is 5.06 Å². The third-order valence-electron chi connectivity index (χ3n) is 11.1. The minimum atomic E-state index is -1.31. The zero-order valence-electron chi connectivity index (χ0n) is 41.8. The second-order valence-electron chi connectivity index (χ2n) is 16.3. The molecule has 20 heteroatoms. The standard InChI is InChI=1S/C52H67BN4O15/c1-5-9-12-17-40(43(7-3)57(35-58)72-51(63)37-18-21-39(22-19-37)68-30-29-65-27-28-66-33-36-15-13-11-14-16-36)48(60)54-34-55-50(62)45-25-24-44(70-45)38-20-23-41(46(31-38)67-8-4)49(61)56-42(32-47(59)71-53)52(64)69-26-10-6-2/h11,13-16,18-25,31,35,40,42-43H,5-10,12,17,26-30,32-34,53H2,1-4H3,(H,54,60)(H,55,62)(H,56,61)/t40-,42+,43-/m1/s1. The predicted molar refractivity (Wildman–Crippen MR) is 266 cm³/mol. The zero-order chi connectivity index (χ0) is 52.1. The van der Waals surface area contributed by atoms with Crippen LogP contribution in [0.2, 0.25) is 0 Å². The first-order chi connectivity index (χ1) is 35.0. The van der Waals surface area contributed by atoms with E-state index in [4.69, 9.17) is 37.6 Å². The van der Waals surface area contributed by atoms with E-state index in [-0.39, 0.29) is 61.3 Å². The van der Waals surface area contributed by atoms with E-state index in [0.717, 1.165) is 29.9 Å². The highest BCUT2D eigenvalue weighted by molar-refractivity contribution is 6.06. The lowest BCUT2D eigenvalue weighted by molar-refractivity contribution is -0.171. The van der Waals surface area contributed by atoms with Crippen molar-refractivity contribution in [1.29, 1.82) is 0 Å². The van der Waals surface area contributed by atoms with Crippen LogP contribution in [0.15, 0.2) is 89.3 Å². The number of hydrogen-bond donors (Lipinski definition) is 3.